The lowest BCUT2D eigenvalue weighted by molar-refractivity contribution is 0.0954. The highest BCUT2D eigenvalue weighted by Gasteiger charge is 2.10. The summed E-state index contributed by atoms with van der Waals surface area (Å²) in [5.41, 5.74) is 2.67. The molecule has 0 radical (unpaired) electrons. The molecule has 0 unspecified atom stereocenters. The second-order valence-electron chi connectivity index (χ2n) is 6.10. The van der Waals surface area contributed by atoms with Crippen LogP contribution in [-0.2, 0) is 6.42 Å². The quantitative estimate of drug-likeness (QED) is 0.752. The zero-order valence-electron chi connectivity index (χ0n) is 14.4. The summed E-state index contributed by atoms with van der Waals surface area (Å²) in [6.07, 6.45) is 0.812. The highest BCUT2D eigenvalue weighted by molar-refractivity contribution is 5.94. The van der Waals surface area contributed by atoms with Gasteiger partial charge in [0.05, 0.1) is 6.04 Å². The Kier molecular flexibility index (Phi) is 5.18. The van der Waals surface area contributed by atoms with Crippen LogP contribution in [0.3, 0.4) is 0 Å². The average molecular weight is 335 g/mol. The van der Waals surface area contributed by atoms with E-state index in [0.29, 0.717) is 17.9 Å². The molecule has 0 aliphatic rings. The molecule has 0 saturated heterocycles. The number of nitrogens with zero attached hydrogens (tertiary/aromatic N) is 4. The van der Waals surface area contributed by atoms with E-state index in [1.165, 1.54) is 5.56 Å². The summed E-state index contributed by atoms with van der Waals surface area (Å²) in [6.45, 7) is 4.59. The minimum absolute atomic E-state index is 0.0822. The molecule has 0 spiro atoms. The second kappa shape index (κ2) is 7.70. The molecule has 25 heavy (non-hydrogen) atoms. The Morgan fingerprint density at radius 3 is 2.44 bits per heavy atom. The number of hydrogen-bond acceptors (Lipinski definition) is 4. The summed E-state index contributed by atoms with van der Waals surface area (Å²) in [4.78, 5) is 13.8. The first kappa shape index (κ1) is 16.8. The van der Waals surface area contributed by atoms with E-state index in [-0.39, 0.29) is 11.9 Å². The Hall–Kier alpha value is -3.02. The maximum atomic E-state index is 12.2. The number of aromatic nitrogens is 4. The van der Waals surface area contributed by atoms with Gasteiger partial charge in [-0.3, -0.25) is 4.79 Å². The molecule has 1 amide bonds. The van der Waals surface area contributed by atoms with E-state index in [1.807, 2.05) is 44.2 Å². The molecule has 3 rings (SSSR count). The Morgan fingerprint density at radius 1 is 1.08 bits per heavy atom. The zero-order valence-corrected chi connectivity index (χ0v) is 14.4. The van der Waals surface area contributed by atoms with Crippen molar-refractivity contribution >= 4 is 5.91 Å². The Balaban J connectivity index is 1.58. The molecular formula is C19H21N5O. The first-order chi connectivity index (χ1) is 12.1. The number of hydrogen-bond donors (Lipinski definition) is 1. The van der Waals surface area contributed by atoms with Crippen LogP contribution in [0.25, 0.3) is 11.4 Å². The Bertz CT molecular complexity index is 825. The lowest BCUT2D eigenvalue weighted by Crippen LogP contribution is -2.25. The van der Waals surface area contributed by atoms with Crippen molar-refractivity contribution in [1.29, 1.82) is 0 Å². The van der Waals surface area contributed by atoms with Crippen molar-refractivity contribution < 1.29 is 4.79 Å². The lowest BCUT2D eigenvalue weighted by Gasteiger charge is -2.06. The third-order valence-corrected chi connectivity index (χ3v) is 3.84. The topological polar surface area (TPSA) is 72.7 Å². The fourth-order valence-corrected chi connectivity index (χ4v) is 2.40. The summed E-state index contributed by atoms with van der Waals surface area (Å²) >= 11 is 0. The molecule has 0 aliphatic heterocycles. The van der Waals surface area contributed by atoms with Gasteiger partial charge in [0.25, 0.3) is 5.91 Å². The lowest BCUT2D eigenvalue weighted by atomic mass is 10.1. The predicted octanol–water partition coefficient (Wildman–Crippen LogP) is 2.89. The maximum Gasteiger partial charge on any atom is 0.251 e. The van der Waals surface area contributed by atoms with Gasteiger partial charge in [0.15, 0.2) is 0 Å². The van der Waals surface area contributed by atoms with Gasteiger partial charge < -0.3 is 5.32 Å². The SMILES string of the molecule is CC(C)n1nnc(-c2ccc(C(=O)NCCc3ccccc3)cc2)n1. The van der Waals surface area contributed by atoms with Crippen molar-refractivity contribution in [2.75, 3.05) is 6.54 Å². The van der Waals surface area contributed by atoms with Crippen molar-refractivity contribution in [3.63, 3.8) is 0 Å². The van der Waals surface area contributed by atoms with E-state index in [0.717, 1.165) is 12.0 Å². The molecule has 3 aromatic rings. The van der Waals surface area contributed by atoms with Gasteiger partial charge in [-0.1, -0.05) is 42.5 Å². The van der Waals surface area contributed by atoms with Crippen LogP contribution >= 0.6 is 0 Å². The molecule has 0 bridgehead atoms. The summed E-state index contributed by atoms with van der Waals surface area (Å²) in [6, 6.07) is 17.5. The number of carbonyl (C=O) groups is 1. The number of rotatable bonds is 6. The van der Waals surface area contributed by atoms with Crippen LogP contribution in [0.4, 0.5) is 0 Å². The first-order valence-electron chi connectivity index (χ1n) is 8.35. The Morgan fingerprint density at radius 2 is 1.80 bits per heavy atom. The smallest absolute Gasteiger partial charge is 0.251 e. The van der Waals surface area contributed by atoms with Crippen LogP contribution in [0.1, 0.15) is 35.8 Å². The molecule has 1 aromatic heterocycles. The van der Waals surface area contributed by atoms with Gasteiger partial charge >= 0.3 is 0 Å². The van der Waals surface area contributed by atoms with E-state index in [4.69, 9.17) is 0 Å². The minimum Gasteiger partial charge on any atom is -0.352 e. The van der Waals surface area contributed by atoms with E-state index in [9.17, 15) is 4.79 Å². The van der Waals surface area contributed by atoms with Gasteiger partial charge in [-0.25, -0.2) is 0 Å². The number of carbonyl (C=O) groups excluding carboxylic acids is 1. The molecule has 1 N–H and O–H groups in total. The van der Waals surface area contributed by atoms with Crippen molar-refractivity contribution in [1.82, 2.24) is 25.5 Å². The summed E-state index contributed by atoms with van der Waals surface area (Å²) in [5, 5.41) is 15.3. The zero-order chi connectivity index (χ0) is 17.6. The summed E-state index contributed by atoms with van der Waals surface area (Å²) < 4.78 is 0. The summed E-state index contributed by atoms with van der Waals surface area (Å²) in [7, 11) is 0. The number of nitrogens with one attached hydrogen (secondary N) is 1. The van der Waals surface area contributed by atoms with Gasteiger partial charge in [0.1, 0.15) is 0 Å². The Labute approximate surface area is 146 Å². The molecule has 6 heteroatoms. The fraction of sp³-hybridized carbons (Fsp3) is 0.263. The minimum atomic E-state index is -0.0822. The first-order valence-corrected chi connectivity index (χ1v) is 8.35. The van der Waals surface area contributed by atoms with Crippen molar-refractivity contribution in [3.05, 3.63) is 65.7 Å². The third kappa shape index (κ3) is 4.29. The third-order valence-electron chi connectivity index (χ3n) is 3.84. The molecular weight excluding hydrogens is 314 g/mol. The van der Waals surface area contributed by atoms with Gasteiger partial charge in [0, 0.05) is 17.7 Å². The molecule has 0 aliphatic carbocycles. The molecule has 2 aromatic carbocycles. The highest BCUT2D eigenvalue weighted by Crippen LogP contribution is 2.15. The standard InChI is InChI=1S/C19H21N5O/c1-14(2)24-22-18(21-23-24)16-8-10-17(11-9-16)19(25)20-13-12-15-6-4-3-5-7-15/h3-11,14H,12-13H2,1-2H3,(H,20,25). The van der Waals surface area contributed by atoms with Gasteiger partial charge in [-0.2, -0.15) is 4.80 Å². The molecule has 0 fully saturated rings. The molecule has 0 atom stereocenters. The number of amides is 1. The second-order valence-corrected chi connectivity index (χ2v) is 6.10. The van der Waals surface area contributed by atoms with Crippen LogP contribution in [0.5, 0.6) is 0 Å². The largest absolute Gasteiger partial charge is 0.352 e. The predicted molar refractivity (Wildman–Crippen MR) is 96.1 cm³/mol. The van der Waals surface area contributed by atoms with E-state index in [2.05, 4.69) is 32.9 Å². The van der Waals surface area contributed by atoms with Crippen LogP contribution in [0.2, 0.25) is 0 Å². The van der Waals surface area contributed by atoms with Crippen LogP contribution in [0.15, 0.2) is 54.6 Å². The monoisotopic (exact) mass is 335 g/mol. The van der Waals surface area contributed by atoms with Crippen molar-refractivity contribution in [2.45, 2.75) is 26.3 Å². The van der Waals surface area contributed by atoms with E-state index >= 15 is 0 Å². The molecule has 6 nitrogen and oxygen atoms in total. The van der Waals surface area contributed by atoms with Crippen LogP contribution in [-0.4, -0.2) is 32.7 Å². The average Bonchev–Trinajstić information content (AvgIpc) is 3.13. The highest BCUT2D eigenvalue weighted by atomic mass is 16.1. The maximum absolute atomic E-state index is 12.2. The van der Waals surface area contributed by atoms with Gasteiger partial charge in [0.2, 0.25) is 5.82 Å². The molecule has 1 heterocycles. The van der Waals surface area contributed by atoms with Crippen molar-refractivity contribution in [3.8, 4) is 11.4 Å². The van der Waals surface area contributed by atoms with Gasteiger partial charge in [-0.15, -0.1) is 10.2 Å². The van der Waals surface area contributed by atoms with E-state index < -0.39 is 0 Å². The fourth-order valence-electron chi connectivity index (χ4n) is 2.40. The van der Waals surface area contributed by atoms with E-state index in [1.54, 1.807) is 16.9 Å². The number of benzene rings is 2. The normalized spacial score (nSPS) is 10.8. The molecule has 0 saturated carbocycles. The van der Waals surface area contributed by atoms with Crippen molar-refractivity contribution in [2.24, 2.45) is 0 Å². The van der Waals surface area contributed by atoms with Crippen LogP contribution in [0, 0.1) is 0 Å². The molecule has 128 valence electrons. The van der Waals surface area contributed by atoms with Crippen LogP contribution < -0.4 is 5.32 Å². The van der Waals surface area contributed by atoms with Gasteiger partial charge in [-0.05, 0) is 43.2 Å². The number of tetrazole rings is 1. The summed E-state index contributed by atoms with van der Waals surface area (Å²) in [5.74, 6) is 0.478.